The molecular weight excluding hydrogens is 504 g/mol. The van der Waals surface area contributed by atoms with Crippen molar-refractivity contribution in [1.29, 1.82) is 5.26 Å². The Balaban J connectivity index is 1.70. The standard InChI is InChI=1S/C28H32N4O3S2/c1-4-31-25(30-12-10-21(11-13-30)16-20-8-6-5-7-9-20)22(19(2)23(18-29)26(31)33)17-24-27(34)32(14-15-35-3)28(36)37-24/h5-9,17,21H,4,10-16H2,1-3H3/b24-17-. The third-order valence-electron chi connectivity index (χ3n) is 7.11. The Kier molecular flexibility index (Phi) is 8.85. The van der Waals surface area contributed by atoms with Crippen molar-refractivity contribution >= 4 is 46.1 Å². The fraction of sp³-hybridized carbons (Fsp3) is 0.429. The molecule has 0 aliphatic carbocycles. The summed E-state index contributed by atoms with van der Waals surface area (Å²) < 4.78 is 7.29. The fourth-order valence-corrected chi connectivity index (χ4v) is 6.37. The molecule has 0 radical (unpaired) electrons. The van der Waals surface area contributed by atoms with Crippen LogP contribution in [0.25, 0.3) is 6.08 Å². The van der Waals surface area contributed by atoms with Gasteiger partial charge in [-0.1, -0.05) is 54.3 Å². The van der Waals surface area contributed by atoms with Gasteiger partial charge in [-0.3, -0.25) is 19.1 Å². The second-order valence-electron chi connectivity index (χ2n) is 9.34. The maximum absolute atomic E-state index is 13.3. The molecule has 0 spiro atoms. The molecule has 2 saturated heterocycles. The van der Waals surface area contributed by atoms with E-state index in [9.17, 15) is 14.9 Å². The number of piperidine rings is 1. The lowest BCUT2D eigenvalue weighted by atomic mass is 9.90. The number of pyridine rings is 1. The van der Waals surface area contributed by atoms with Crippen molar-refractivity contribution in [2.75, 3.05) is 38.3 Å². The van der Waals surface area contributed by atoms with Crippen LogP contribution in [-0.2, 0) is 22.5 Å². The van der Waals surface area contributed by atoms with Gasteiger partial charge >= 0.3 is 0 Å². The maximum atomic E-state index is 13.3. The van der Waals surface area contributed by atoms with E-state index < -0.39 is 0 Å². The van der Waals surface area contributed by atoms with Gasteiger partial charge < -0.3 is 9.64 Å². The lowest BCUT2D eigenvalue weighted by Crippen LogP contribution is -2.39. The highest BCUT2D eigenvalue weighted by molar-refractivity contribution is 8.26. The number of aromatic nitrogens is 1. The number of amides is 1. The molecule has 0 N–H and O–H groups in total. The van der Waals surface area contributed by atoms with Crippen molar-refractivity contribution in [2.45, 2.75) is 39.7 Å². The van der Waals surface area contributed by atoms with Gasteiger partial charge in [0.25, 0.3) is 11.5 Å². The molecule has 9 heteroatoms. The van der Waals surface area contributed by atoms with Gasteiger partial charge in [-0.15, -0.1) is 0 Å². The van der Waals surface area contributed by atoms with Crippen LogP contribution in [0.4, 0.5) is 5.82 Å². The van der Waals surface area contributed by atoms with Gasteiger partial charge in [0, 0.05) is 32.3 Å². The van der Waals surface area contributed by atoms with Gasteiger partial charge in [0.15, 0.2) is 0 Å². The zero-order valence-corrected chi connectivity index (χ0v) is 23.2. The molecule has 2 fully saturated rings. The summed E-state index contributed by atoms with van der Waals surface area (Å²) in [5.41, 5.74) is 2.52. The molecule has 0 atom stereocenters. The monoisotopic (exact) mass is 536 g/mol. The first kappa shape index (κ1) is 27.1. The molecule has 0 saturated carbocycles. The summed E-state index contributed by atoms with van der Waals surface area (Å²) in [6, 6.07) is 12.6. The van der Waals surface area contributed by atoms with Crippen LogP contribution in [0.5, 0.6) is 0 Å². The normalized spacial score (nSPS) is 17.6. The number of carbonyl (C=O) groups excluding carboxylic acids is 1. The zero-order chi connectivity index (χ0) is 26.5. The smallest absolute Gasteiger partial charge is 0.270 e. The maximum Gasteiger partial charge on any atom is 0.270 e. The van der Waals surface area contributed by atoms with E-state index in [0.29, 0.717) is 40.4 Å². The first-order valence-corrected chi connectivity index (χ1v) is 13.8. The van der Waals surface area contributed by atoms with E-state index in [0.717, 1.165) is 43.7 Å². The van der Waals surface area contributed by atoms with E-state index in [4.69, 9.17) is 17.0 Å². The minimum atomic E-state index is -0.284. The largest absolute Gasteiger partial charge is 0.383 e. The highest BCUT2D eigenvalue weighted by atomic mass is 32.2. The molecule has 194 valence electrons. The SMILES string of the molecule is CCn1c(N2CCC(Cc3ccccc3)CC2)c(/C=C2\SC(=S)N(CCOC)C2=O)c(C)c(C#N)c1=O. The van der Waals surface area contributed by atoms with Crippen LogP contribution >= 0.6 is 24.0 Å². The summed E-state index contributed by atoms with van der Waals surface area (Å²) in [7, 11) is 1.59. The molecule has 1 amide bonds. The topological polar surface area (TPSA) is 78.6 Å². The van der Waals surface area contributed by atoms with E-state index in [1.54, 1.807) is 23.5 Å². The predicted molar refractivity (Wildman–Crippen MR) is 153 cm³/mol. The van der Waals surface area contributed by atoms with Crippen molar-refractivity contribution in [1.82, 2.24) is 9.47 Å². The average molecular weight is 537 g/mol. The lowest BCUT2D eigenvalue weighted by molar-refractivity contribution is -0.122. The van der Waals surface area contributed by atoms with Crippen LogP contribution in [0.15, 0.2) is 40.0 Å². The number of thioether (sulfide) groups is 1. The van der Waals surface area contributed by atoms with Crippen LogP contribution in [-0.4, -0.2) is 53.0 Å². The van der Waals surface area contributed by atoms with E-state index in [1.165, 1.54) is 17.3 Å². The van der Waals surface area contributed by atoms with Gasteiger partial charge in [0.05, 0.1) is 18.1 Å². The van der Waals surface area contributed by atoms with Gasteiger partial charge in [-0.2, -0.15) is 5.26 Å². The van der Waals surface area contributed by atoms with E-state index in [1.807, 2.05) is 19.1 Å². The Labute approximate surface area is 227 Å². The first-order valence-electron chi connectivity index (χ1n) is 12.6. The molecule has 37 heavy (non-hydrogen) atoms. The van der Waals surface area contributed by atoms with Crippen molar-refractivity contribution < 1.29 is 9.53 Å². The summed E-state index contributed by atoms with van der Waals surface area (Å²) in [5, 5.41) is 9.80. The van der Waals surface area contributed by atoms with Crippen LogP contribution in [0, 0.1) is 24.2 Å². The van der Waals surface area contributed by atoms with Gasteiger partial charge in [-0.25, -0.2) is 0 Å². The van der Waals surface area contributed by atoms with Crippen molar-refractivity contribution in [3.8, 4) is 6.07 Å². The second-order valence-corrected chi connectivity index (χ2v) is 11.0. The number of rotatable bonds is 8. The summed E-state index contributed by atoms with van der Waals surface area (Å²) in [6.45, 7) is 6.53. The number of carbonyl (C=O) groups is 1. The molecule has 0 bridgehead atoms. The van der Waals surface area contributed by atoms with E-state index >= 15 is 0 Å². The molecule has 7 nitrogen and oxygen atoms in total. The highest BCUT2D eigenvalue weighted by Crippen LogP contribution is 2.37. The third kappa shape index (κ3) is 5.66. The average Bonchev–Trinajstić information content (AvgIpc) is 3.17. The quantitative estimate of drug-likeness (QED) is 0.367. The van der Waals surface area contributed by atoms with Crippen LogP contribution < -0.4 is 10.5 Å². The van der Waals surface area contributed by atoms with Gasteiger partial charge in [0.2, 0.25) is 0 Å². The Bertz CT molecular complexity index is 1310. The number of anilines is 1. The number of nitriles is 1. The van der Waals surface area contributed by atoms with E-state index in [2.05, 4.69) is 35.2 Å². The number of benzene rings is 1. The van der Waals surface area contributed by atoms with Crippen LogP contribution in [0.2, 0.25) is 0 Å². The number of methoxy groups -OCH3 is 1. The number of hydrogen-bond donors (Lipinski definition) is 0. The fourth-order valence-electron chi connectivity index (χ4n) is 5.08. The molecule has 1 aromatic heterocycles. The summed E-state index contributed by atoms with van der Waals surface area (Å²) >= 11 is 6.70. The van der Waals surface area contributed by atoms with Gasteiger partial charge in [-0.05, 0) is 56.2 Å². The number of thiocarbonyl (C=S) groups is 1. The lowest BCUT2D eigenvalue weighted by Gasteiger charge is -2.36. The first-order chi connectivity index (χ1) is 17.9. The molecule has 4 rings (SSSR count). The summed E-state index contributed by atoms with van der Waals surface area (Å²) in [5.74, 6) is 1.18. The minimum absolute atomic E-state index is 0.116. The Morgan fingerprint density at radius 3 is 2.54 bits per heavy atom. The Morgan fingerprint density at radius 1 is 1.22 bits per heavy atom. The highest BCUT2D eigenvalue weighted by Gasteiger charge is 2.33. The van der Waals surface area contributed by atoms with Crippen LogP contribution in [0.1, 0.15) is 42.0 Å². The predicted octanol–water partition coefficient (Wildman–Crippen LogP) is 4.36. The second kappa shape index (κ2) is 12.1. The molecule has 2 aromatic rings. The summed E-state index contributed by atoms with van der Waals surface area (Å²) in [6.07, 6.45) is 4.87. The van der Waals surface area contributed by atoms with E-state index in [-0.39, 0.29) is 17.0 Å². The number of ether oxygens (including phenoxy) is 1. The van der Waals surface area contributed by atoms with Gasteiger partial charge in [0.1, 0.15) is 21.8 Å². The number of nitrogens with zero attached hydrogens (tertiary/aromatic N) is 4. The summed E-state index contributed by atoms with van der Waals surface area (Å²) in [4.78, 5) is 30.7. The van der Waals surface area contributed by atoms with Crippen LogP contribution in [0.3, 0.4) is 0 Å². The molecule has 0 unspecified atom stereocenters. The Morgan fingerprint density at radius 2 is 1.92 bits per heavy atom. The zero-order valence-electron chi connectivity index (χ0n) is 21.5. The van der Waals surface area contributed by atoms with Crippen molar-refractivity contribution in [3.63, 3.8) is 0 Å². The van der Waals surface area contributed by atoms with Crippen molar-refractivity contribution in [2.24, 2.45) is 5.92 Å². The molecule has 2 aliphatic rings. The number of hydrogen-bond acceptors (Lipinski definition) is 7. The molecule has 3 heterocycles. The molecular formula is C28H32N4O3S2. The molecule has 2 aliphatic heterocycles. The Hall–Kier alpha value is -2.93. The molecule has 1 aromatic carbocycles. The minimum Gasteiger partial charge on any atom is -0.383 e. The van der Waals surface area contributed by atoms with Crippen molar-refractivity contribution in [3.05, 3.63) is 67.8 Å². The third-order valence-corrected chi connectivity index (χ3v) is 8.49.